The number of aliphatic hydroxyl groups is 1. The van der Waals surface area contributed by atoms with E-state index in [0.717, 1.165) is 45.1 Å². The molecule has 1 unspecified atom stereocenters. The van der Waals surface area contributed by atoms with E-state index in [0.29, 0.717) is 13.2 Å². The lowest BCUT2D eigenvalue weighted by Crippen LogP contribution is -2.41. The van der Waals surface area contributed by atoms with Gasteiger partial charge in [0.1, 0.15) is 18.5 Å². The van der Waals surface area contributed by atoms with Crippen LogP contribution in [0, 0.1) is 0 Å². The monoisotopic (exact) mass is 370 g/mol. The number of carbonyl (C=O) groups is 2. The quantitative estimate of drug-likeness (QED) is 0.354. The lowest BCUT2D eigenvalue weighted by molar-refractivity contribution is -0.159. The number of hydrogen-bond acceptors (Lipinski definition) is 7. The van der Waals surface area contributed by atoms with Gasteiger partial charge in [-0.25, -0.2) is 9.59 Å². The molecule has 26 heavy (non-hydrogen) atoms. The van der Waals surface area contributed by atoms with E-state index in [1.807, 2.05) is 30.3 Å². The zero-order chi connectivity index (χ0) is 19.2. The van der Waals surface area contributed by atoms with E-state index in [1.165, 1.54) is 0 Å². The van der Waals surface area contributed by atoms with Gasteiger partial charge in [-0.2, -0.15) is 0 Å². The number of rotatable bonds is 8. The standard InChI is InChI=1S/C15H24N2O3.C2H2O4/c18-14(13-20-15-4-2-1-3-5-15)12-16-6-7-17-8-10-19-11-9-17;3-1(4)2(5)6/h1-5,14,16,18H,6-13H2;(H,3,4)(H,5,6). The van der Waals surface area contributed by atoms with Crippen molar-refractivity contribution in [3.63, 3.8) is 0 Å². The number of benzene rings is 1. The van der Waals surface area contributed by atoms with Gasteiger partial charge in [0.15, 0.2) is 0 Å². The maximum atomic E-state index is 9.83. The Balaban J connectivity index is 0.000000487. The fraction of sp³-hybridized carbons (Fsp3) is 0.529. The van der Waals surface area contributed by atoms with Gasteiger partial charge < -0.3 is 30.1 Å². The van der Waals surface area contributed by atoms with Gasteiger partial charge in [-0.15, -0.1) is 0 Å². The predicted octanol–water partition coefficient (Wildman–Crippen LogP) is -0.496. The van der Waals surface area contributed by atoms with E-state index < -0.39 is 18.0 Å². The molecule has 2 rings (SSSR count). The molecule has 1 atom stereocenters. The number of carboxylic acids is 2. The molecule has 1 aromatic carbocycles. The van der Waals surface area contributed by atoms with Crippen molar-refractivity contribution in [1.29, 1.82) is 0 Å². The third kappa shape index (κ3) is 10.6. The first-order valence-electron chi connectivity index (χ1n) is 8.32. The van der Waals surface area contributed by atoms with Crippen molar-refractivity contribution >= 4 is 11.9 Å². The lowest BCUT2D eigenvalue weighted by Gasteiger charge is -2.26. The largest absolute Gasteiger partial charge is 0.491 e. The van der Waals surface area contributed by atoms with Gasteiger partial charge in [0.25, 0.3) is 0 Å². The van der Waals surface area contributed by atoms with Crippen LogP contribution in [0.1, 0.15) is 0 Å². The van der Waals surface area contributed by atoms with Crippen molar-refractivity contribution in [3.8, 4) is 5.75 Å². The summed E-state index contributed by atoms with van der Waals surface area (Å²) in [6.45, 7) is 6.40. The van der Waals surface area contributed by atoms with Crippen molar-refractivity contribution < 1.29 is 34.4 Å². The topological polar surface area (TPSA) is 129 Å². The molecule has 0 aromatic heterocycles. The van der Waals surface area contributed by atoms with Crippen LogP contribution in [-0.4, -0.2) is 90.8 Å². The number of para-hydroxylation sites is 1. The molecule has 4 N–H and O–H groups in total. The maximum absolute atomic E-state index is 9.83. The van der Waals surface area contributed by atoms with Crippen molar-refractivity contribution in [3.05, 3.63) is 30.3 Å². The molecule has 0 bridgehead atoms. The van der Waals surface area contributed by atoms with Crippen LogP contribution in [-0.2, 0) is 14.3 Å². The fourth-order valence-corrected chi connectivity index (χ4v) is 2.10. The summed E-state index contributed by atoms with van der Waals surface area (Å²) in [5.41, 5.74) is 0. The Hall–Kier alpha value is -2.20. The van der Waals surface area contributed by atoms with Gasteiger partial charge in [0, 0.05) is 32.7 Å². The smallest absolute Gasteiger partial charge is 0.414 e. The van der Waals surface area contributed by atoms with Crippen LogP contribution in [0.25, 0.3) is 0 Å². The van der Waals surface area contributed by atoms with Gasteiger partial charge in [-0.05, 0) is 12.1 Å². The average Bonchev–Trinajstić information content (AvgIpc) is 2.66. The van der Waals surface area contributed by atoms with Crippen molar-refractivity contribution in [2.75, 3.05) is 52.5 Å². The summed E-state index contributed by atoms with van der Waals surface area (Å²) in [6, 6.07) is 9.55. The molecule has 0 spiro atoms. The van der Waals surface area contributed by atoms with Crippen LogP contribution in [0.3, 0.4) is 0 Å². The third-order valence-corrected chi connectivity index (χ3v) is 3.46. The zero-order valence-corrected chi connectivity index (χ0v) is 14.5. The highest BCUT2D eigenvalue weighted by Gasteiger charge is 2.10. The third-order valence-electron chi connectivity index (χ3n) is 3.46. The molecule has 9 nitrogen and oxygen atoms in total. The summed E-state index contributed by atoms with van der Waals surface area (Å²) in [5, 5.41) is 27.9. The predicted molar refractivity (Wildman–Crippen MR) is 93.3 cm³/mol. The molecule has 0 aliphatic carbocycles. The van der Waals surface area contributed by atoms with Crippen molar-refractivity contribution in [2.24, 2.45) is 0 Å². The van der Waals surface area contributed by atoms with Crippen LogP contribution >= 0.6 is 0 Å². The second-order valence-electron chi connectivity index (χ2n) is 5.55. The van der Waals surface area contributed by atoms with Crippen LogP contribution < -0.4 is 10.1 Å². The summed E-state index contributed by atoms with van der Waals surface area (Å²) in [6.07, 6.45) is -0.486. The van der Waals surface area contributed by atoms with Crippen LogP contribution in [0.15, 0.2) is 30.3 Å². The number of aliphatic carboxylic acids is 2. The van der Waals surface area contributed by atoms with Gasteiger partial charge in [-0.3, -0.25) is 4.90 Å². The Morgan fingerprint density at radius 3 is 2.35 bits per heavy atom. The molecule has 1 fully saturated rings. The molecular weight excluding hydrogens is 344 g/mol. The van der Waals surface area contributed by atoms with Crippen LogP contribution in [0.5, 0.6) is 5.75 Å². The maximum Gasteiger partial charge on any atom is 0.414 e. The molecular formula is C17H26N2O7. The van der Waals surface area contributed by atoms with E-state index in [9.17, 15) is 5.11 Å². The van der Waals surface area contributed by atoms with Gasteiger partial charge in [0.05, 0.1) is 13.2 Å². The summed E-state index contributed by atoms with van der Waals surface area (Å²) in [7, 11) is 0. The molecule has 0 amide bonds. The Labute approximate surface area is 152 Å². The molecule has 1 heterocycles. The highest BCUT2D eigenvalue weighted by atomic mass is 16.5. The zero-order valence-electron chi connectivity index (χ0n) is 14.5. The first-order valence-corrected chi connectivity index (χ1v) is 8.32. The van der Waals surface area contributed by atoms with Crippen molar-refractivity contribution in [2.45, 2.75) is 6.10 Å². The number of hydrogen-bond donors (Lipinski definition) is 4. The molecule has 1 aliphatic heterocycles. The first-order chi connectivity index (χ1) is 12.5. The number of nitrogens with one attached hydrogen (secondary N) is 1. The van der Waals surface area contributed by atoms with Crippen LogP contribution in [0.2, 0.25) is 0 Å². The van der Waals surface area contributed by atoms with Gasteiger partial charge >= 0.3 is 11.9 Å². The van der Waals surface area contributed by atoms with Crippen molar-refractivity contribution in [1.82, 2.24) is 10.2 Å². The average molecular weight is 370 g/mol. The van der Waals surface area contributed by atoms with Gasteiger partial charge in [0.2, 0.25) is 0 Å². The van der Waals surface area contributed by atoms with E-state index >= 15 is 0 Å². The Kier molecular flexibility index (Phi) is 11.0. The normalized spacial score (nSPS) is 15.4. The molecule has 9 heteroatoms. The molecule has 0 saturated carbocycles. The molecule has 1 saturated heterocycles. The van der Waals surface area contributed by atoms with E-state index in [2.05, 4.69) is 10.2 Å². The minimum atomic E-state index is -1.82. The summed E-state index contributed by atoms with van der Waals surface area (Å²) in [5.74, 6) is -2.86. The number of morpholine rings is 1. The minimum absolute atomic E-state index is 0.314. The second-order valence-corrected chi connectivity index (χ2v) is 5.55. The van der Waals surface area contributed by atoms with E-state index in [4.69, 9.17) is 29.3 Å². The highest BCUT2D eigenvalue weighted by molar-refractivity contribution is 6.27. The lowest BCUT2D eigenvalue weighted by atomic mass is 10.3. The minimum Gasteiger partial charge on any atom is -0.491 e. The van der Waals surface area contributed by atoms with E-state index in [1.54, 1.807) is 0 Å². The number of ether oxygens (including phenoxy) is 2. The number of aliphatic hydroxyl groups excluding tert-OH is 1. The number of nitrogens with zero attached hydrogens (tertiary/aromatic N) is 1. The Bertz CT molecular complexity index is 509. The Morgan fingerprint density at radius 2 is 1.77 bits per heavy atom. The summed E-state index contributed by atoms with van der Waals surface area (Å²) >= 11 is 0. The van der Waals surface area contributed by atoms with Crippen LogP contribution in [0.4, 0.5) is 0 Å². The SMILES string of the molecule is O=C(O)C(=O)O.OC(CNCCN1CCOCC1)COc1ccccc1. The second kappa shape index (κ2) is 13.1. The Morgan fingerprint density at radius 1 is 1.15 bits per heavy atom. The molecule has 1 aliphatic rings. The molecule has 1 aromatic rings. The highest BCUT2D eigenvalue weighted by Crippen LogP contribution is 2.08. The molecule has 146 valence electrons. The summed E-state index contributed by atoms with van der Waals surface area (Å²) < 4.78 is 10.8. The fourth-order valence-electron chi connectivity index (χ4n) is 2.10. The van der Waals surface area contributed by atoms with Gasteiger partial charge in [-0.1, -0.05) is 18.2 Å². The number of carboxylic acid groups (broad SMARTS) is 2. The van der Waals surface area contributed by atoms with E-state index in [-0.39, 0.29) is 0 Å². The molecule has 0 radical (unpaired) electrons. The first kappa shape index (κ1) is 21.8. The summed E-state index contributed by atoms with van der Waals surface area (Å²) in [4.78, 5) is 20.6.